The van der Waals surface area contributed by atoms with Gasteiger partial charge in [-0.1, -0.05) is 31.2 Å². The quantitative estimate of drug-likeness (QED) is 0.872. The summed E-state index contributed by atoms with van der Waals surface area (Å²) in [5.74, 6) is 0.346. The van der Waals surface area contributed by atoms with Crippen LogP contribution in [0.2, 0.25) is 0 Å². The number of rotatable bonds is 5. The summed E-state index contributed by atoms with van der Waals surface area (Å²) in [6, 6.07) is 8.19. The van der Waals surface area contributed by atoms with Gasteiger partial charge in [0.2, 0.25) is 0 Å². The largest absolute Gasteiger partial charge is 0.372 e. The van der Waals surface area contributed by atoms with E-state index in [9.17, 15) is 4.79 Å². The van der Waals surface area contributed by atoms with Crippen molar-refractivity contribution in [3.8, 4) is 0 Å². The maximum absolute atomic E-state index is 12.0. The van der Waals surface area contributed by atoms with E-state index in [1.54, 1.807) is 13.2 Å². The lowest BCUT2D eigenvalue weighted by Crippen LogP contribution is -2.24. The van der Waals surface area contributed by atoms with E-state index < -0.39 is 0 Å². The van der Waals surface area contributed by atoms with Gasteiger partial charge in [0.25, 0.3) is 5.91 Å². The lowest BCUT2D eigenvalue weighted by molar-refractivity contribution is 0.0945. The smallest absolute Gasteiger partial charge is 0.271 e. The highest BCUT2D eigenvalue weighted by molar-refractivity contribution is 5.92. The number of nitrogens with zero attached hydrogens (tertiary/aromatic N) is 2. The van der Waals surface area contributed by atoms with E-state index in [4.69, 9.17) is 0 Å². The van der Waals surface area contributed by atoms with Gasteiger partial charge in [-0.25, -0.2) is 4.98 Å². The number of benzene rings is 1. The minimum atomic E-state index is -0.228. The zero-order valence-corrected chi connectivity index (χ0v) is 11.7. The zero-order chi connectivity index (χ0) is 14.4. The molecule has 0 atom stereocenters. The van der Waals surface area contributed by atoms with Gasteiger partial charge in [-0.15, -0.1) is 0 Å². The van der Waals surface area contributed by atoms with Crippen LogP contribution in [0.25, 0.3) is 0 Å². The summed E-state index contributed by atoms with van der Waals surface area (Å²) in [6.45, 7) is 2.60. The van der Waals surface area contributed by atoms with Crippen molar-refractivity contribution in [2.24, 2.45) is 0 Å². The molecule has 2 aromatic rings. The molecule has 2 rings (SSSR count). The average Bonchev–Trinajstić information content (AvgIpc) is 2.53. The van der Waals surface area contributed by atoms with Gasteiger partial charge in [0.1, 0.15) is 11.5 Å². The molecule has 0 aliphatic rings. The molecule has 0 saturated carbocycles. The third kappa shape index (κ3) is 3.54. The predicted molar refractivity (Wildman–Crippen MR) is 78.6 cm³/mol. The van der Waals surface area contributed by atoms with Crippen LogP contribution in [0.1, 0.15) is 28.5 Å². The molecule has 20 heavy (non-hydrogen) atoms. The SMILES string of the molecule is CCc1ccc(CNC(=O)c2cncc(NC)n2)cc1. The summed E-state index contributed by atoms with van der Waals surface area (Å²) < 4.78 is 0. The third-order valence-electron chi connectivity index (χ3n) is 3.01. The van der Waals surface area contributed by atoms with Gasteiger partial charge in [0.05, 0.1) is 12.4 Å². The van der Waals surface area contributed by atoms with Gasteiger partial charge >= 0.3 is 0 Å². The van der Waals surface area contributed by atoms with Crippen molar-refractivity contribution in [2.75, 3.05) is 12.4 Å². The highest BCUT2D eigenvalue weighted by Gasteiger charge is 2.08. The van der Waals surface area contributed by atoms with E-state index in [2.05, 4.69) is 39.7 Å². The Kier molecular flexibility index (Phi) is 4.65. The molecule has 0 saturated heterocycles. The second-order valence-corrected chi connectivity index (χ2v) is 4.39. The average molecular weight is 270 g/mol. The molecule has 1 aromatic carbocycles. The van der Waals surface area contributed by atoms with Crippen LogP contribution >= 0.6 is 0 Å². The number of anilines is 1. The van der Waals surface area contributed by atoms with Crippen molar-refractivity contribution < 1.29 is 4.79 Å². The van der Waals surface area contributed by atoms with E-state index in [0.29, 0.717) is 18.1 Å². The summed E-state index contributed by atoms with van der Waals surface area (Å²) in [6.07, 6.45) is 4.04. The molecular weight excluding hydrogens is 252 g/mol. The van der Waals surface area contributed by atoms with Crippen molar-refractivity contribution >= 4 is 11.7 Å². The van der Waals surface area contributed by atoms with Crippen molar-refractivity contribution in [3.05, 3.63) is 53.5 Å². The minimum Gasteiger partial charge on any atom is -0.372 e. The summed E-state index contributed by atoms with van der Waals surface area (Å²) in [4.78, 5) is 20.1. The topological polar surface area (TPSA) is 66.9 Å². The minimum absolute atomic E-state index is 0.228. The zero-order valence-electron chi connectivity index (χ0n) is 11.7. The molecule has 0 aliphatic carbocycles. The van der Waals surface area contributed by atoms with Gasteiger partial charge in [-0.2, -0.15) is 0 Å². The second kappa shape index (κ2) is 6.65. The standard InChI is InChI=1S/C15H18N4O/c1-3-11-4-6-12(7-5-11)8-18-15(20)13-9-17-10-14(16-2)19-13/h4-7,9-10H,3,8H2,1-2H3,(H,16,19)(H,18,20). The molecule has 0 unspecified atom stereocenters. The summed E-state index contributed by atoms with van der Waals surface area (Å²) in [5.41, 5.74) is 2.66. The number of amides is 1. The number of nitrogens with one attached hydrogen (secondary N) is 2. The molecule has 0 aliphatic heterocycles. The fourth-order valence-corrected chi connectivity index (χ4v) is 1.76. The van der Waals surface area contributed by atoms with Crippen LogP contribution < -0.4 is 10.6 Å². The van der Waals surface area contributed by atoms with Gasteiger partial charge in [0.15, 0.2) is 0 Å². The Morgan fingerprint density at radius 2 is 1.85 bits per heavy atom. The third-order valence-corrected chi connectivity index (χ3v) is 3.01. The fourth-order valence-electron chi connectivity index (χ4n) is 1.76. The maximum Gasteiger partial charge on any atom is 0.271 e. The molecule has 0 bridgehead atoms. The predicted octanol–water partition coefficient (Wildman–Crippen LogP) is 2.01. The molecule has 0 spiro atoms. The molecule has 0 radical (unpaired) electrons. The number of hydrogen-bond acceptors (Lipinski definition) is 4. The van der Waals surface area contributed by atoms with Crippen molar-refractivity contribution in [3.63, 3.8) is 0 Å². The van der Waals surface area contributed by atoms with Crippen LogP contribution in [0, 0.1) is 0 Å². The Morgan fingerprint density at radius 3 is 2.50 bits per heavy atom. The normalized spacial score (nSPS) is 10.1. The Hall–Kier alpha value is -2.43. The van der Waals surface area contributed by atoms with E-state index in [-0.39, 0.29) is 5.91 Å². The van der Waals surface area contributed by atoms with E-state index >= 15 is 0 Å². The molecule has 1 amide bonds. The fraction of sp³-hybridized carbons (Fsp3) is 0.267. The van der Waals surface area contributed by atoms with Crippen molar-refractivity contribution in [2.45, 2.75) is 19.9 Å². The lowest BCUT2D eigenvalue weighted by Gasteiger charge is -2.06. The Balaban J connectivity index is 1.97. The number of hydrogen-bond donors (Lipinski definition) is 2. The summed E-state index contributed by atoms with van der Waals surface area (Å²) >= 11 is 0. The molecule has 104 valence electrons. The summed E-state index contributed by atoms with van der Waals surface area (Å²) in [5, 5.41) is 5.69. The van der Waals surface area contributed by atoms with Crippen LogP contribution in [0.5, 0.6) is 0 Å². The first-order valence-electron chi connectivity index (χ1n) is 6.58. The second-order valence-electron chi connectivity index (χ2n) is 4.39. The Bertz CT molecular complexity index is 581. The molecular formula is C15H18N4O. The molecule has 5 heteroatoms. The number of aromatic nitrogens is 2. The molecule has 0 fully saturated rings. The molecule has 2 N–H and O–H groups in total. The first-order chi connectivity index (χ1) is 9.72. The van der Waals surface area contributed by atoms with Crippen LogP contribution in [-0.2, 0) is 13.0 Å². The Morgan fingerprint density at radius 1 is 1.15 bits per heavy atom. The first-order valence-corrected chi connectivity index (χ1v) is 6.58. The van der Waals surface area contributed by atoms with E-state index in [1.807, 2.05) is 12.1 Å². The van der Waals surface area contributed by atoms with Crippen LogP contribution in [-0.4, -0.2) is 22.9 Å². The van der Waals surface area contributed by atoms with Crippen LogP contribution in [0.4, 0.5) is 5.82 Å². The van der Waals surface area contributed by atoms with Crippen LogP contribution in [0.15, 0.2) is 36.7 Å². The van der Waals surface area contributed by atoms with Crippen molar-refractivity contribution in [1.29, 1.82) is 0 Å². The van der Waals surface area contributed by atoms with Crippen molar-refractivity contribution in [1.82, 2.24) is 15.3 Å². The van der Waals surface area contributed by atoms with Gasteiger partial charge < -0.3 is 10.6 Å². The molecule has 5 nitrogen and oxygen atoms in total. The first kappa shape index (κ1) is 14.0. The monoisotopic (exact) mass is 270 g/mol. The van der Waals surface area contributed by atoms with Crippen LogP contribution in [0.3, 0.4) is 0 Å². The van der Waals surface area contributed by atoms with Gasteiger partial charge in [0, 0.05) is 13.6 Å². The Labute approximate surface area is 118 Å². The summed E-state index contributed by atoms with van der Waals surface area (Å²) in [7, 11) is 1.74. The number of aryl methyl sites for hydroxylation is 1. The van der Waals surface area contributed by atoms with Gasteiger partial charge in [-0.3, -0.25) is 9.78 Å². The highest BCUT2D eigenvalue weighted by Crippen LogP contribution is 2.05. The maximum atomic E-state index is 12.0. The number of carbonyl (C=O) groups excluding carboxylic acids is 1. The van der Waals surface area contributed by atoms with E-state index in [0.717, 1.165) is 12.0 Å². The molecule has 1 aromatic heterocycles. The lowest BCUT2D eigenvalue weighted by atomic mass is 10.1. The van der Waals surface area contributed by atoms with Gasteiger partial charge in [-0.05, 0) is 17.5 Å². The van der Waals surface area contributed by atoms with E-state index in [1.165, 1.54) is 11.8 Å². The molecule has 1 heterocycles. The highest BCUT2D eigenvalue weighted by atomic mass is 16.1. The number of carbonyl (C=O) groups is 1.